The van der Waals surface area contributed by atoms with Gasteiger partial charge < -0.3 is 5.73 Å². The molecule has 0 aliphatic carbocycles. The SMILES string of the molecule is CC(N)c1ccc(SCCCCc2ccccc2)cc1. The van der Waals surface area contributed by atoms with Crippen LogP contribution < -0.4 is 5.73 Å². The van der Waals surface area contributed by atoms with Crippen LogP contribution in [-0.4, -0.2) is 5.75 Å². The van der Waals surface area contributed by atoms with Gasteiger partial charge in [0.1, 0.15) is 0 Å². The van der Waals surface area contributed by atoms with Gasteiger partial charge in [0, 0.05) is 10.9 Å². The number of hydrogen-bond acceptors (Lipinski definition) is 2. The molecule has 20 heavy (non-hydrogen) atoms. The fourth-order valence-corrected chi connectivity index (χ4v) is 3.05. The highest BCUT2D eigenvalue weighted by Crippen LogP contribution is 2.21. The lowest BCUT2D eigenvalue weighted by Gasteiger charge is -2.07. The van der Waals surface area contributed by atoms with Crippen molar-refractivity contribution in [3.8, 4) is 0 Å². The molecule has 1 nitrogen and oxygen atoms in total. The maximum atomic E-state index is 5.85. The molecule has 2 aromatic carbocycles. The van der Waals surface area contributed by atoms with Gasteiger partial charge in [-0.2, -0.15) is 0 Å². The lowest BCUT2D eigenvalue weighted by atomic mass is 10.1. The molecule has 0 radical (unpaired) electrons. The van der Waals surface area contributed by atoms with E-state index in [2.05, 4.69) is 54.6 Å². The van der Waals surface area contributed by atoms with Gasteiger partial charge in [-0.1, -0.05) is 42.5 Å². The number of hydrogen-bond donors (Lipinski definition) is 1. The first-order valence-electron chi connectivity index (χ1n) is 7.28. The van der Waals surface area contributed by atoms with E-state index in [0.29, 0.717) is 0 Å². The van der Waals surface area contributed by atoms with Gasteiger partial charge in [0.05, 0.1) is 0 Å². The third-order valence-corrected chi connectivity index (χ3v) is 4.48. The van der Waals surface area contributed by atoms with Crippen LogP contribution in [0.3, 0.4) is 0 Å². The van der Waals surface area contributed by atoms with Crippen LogP contribution in [0.5, 0.6) is 0 Å². The van der Waals surface area contributed by atoms with E-state index in [1.807, 2.05) is 18.7 Å². The Morgan fingerprint density at radius 2 is 1.65 bits per heavy atom. The van der Waals surface area contributed by atoms with Crippen molar-refractivity contribution in [3.63, 3.8) is 0 Å². The molecule has 2 rings (SSSR count). The van der Waals surface area contributed by atoms with Gasteiger partial charge in [-0.3, -0.25) is 0 Å². The molecule has 0 saturated carbocycles. The van der Waals surface area contributed by atoms with Crippen LogP contribution in [0.2, 0.25) is 0 Å². The smallest absolute Gasteiger partial charge is 0.0266 e. The van der Waals surface area contributed by atoms with Gasteiger partial charge >= 0.3 is 0 Å². The number of thioether (sulfide) groups is 1. The minimum absolute atomic E-state index is 0.125. The maximum absolute atomic E-state index is 5.85. The van der Waals surface area contributed by atoms with Gasteiger partial charge in [0.25, 0.3) is 0 Å². The molecule has 1 unspecified atom stereocenters. The number of aryl methyl sites for hydroxylation is 1. The molecule has 2 heteroatoms. The second-order valence-electron chi connectivity index (χ2n) is 5.15. The molecule has 0 heterocycles. The van der Waals surface area contributed by atoms with Gasteiger partial charge in [-0.05, 0) is 55.2 Å². The van der Waals surface area contributed by atoms with E-state index in [0.717, 1.165) is 0 Å². The Bertz CT molecular complexity index is 491. The largest absolute Gasteiger partial charge is 0.324 e. The Morgan fingerprint density at radius 1 is 0.950 bits per heavy atom. The standard InChI is InChI=1S/C18H23NS/c1-15(19)17-10-12-18(13-11-17)20-14-6-5-9-16-7-3-2-4-8-16/h2-4,7-8,10-13,15H,5-6,9,14,19H2,1H3. The molecule has 0 amide bonds. The zero-order valence-electron chi connectivity index (χ0n) is 12.1. The average Bonchev–Trinajstić information content (AvgIpc) is 2.48. The van der Waals surface area contributed by atoms with Crippen LogP contribution in [-0.2, 0) is 6.42 Å². The summed E-state index contributed by atoms with van der Waals surface area (Å²) in [6.07, 6.45) is 3.70. The molecule has 0 fully saturated rings. The van der Waals surface area contributed by atoms with Crippen molar-refractivity contribution < 1.29 is 0 Å². The third-order valence-electron chi connectivity index (χ3n) is 3.38. The highest BCUT2D eigenvalue weighted by molar-refractivity contribution is 7.99. The van der Waals surface area contributed by atoms with E-state index in [-0.39, 0.29) is 6.04 Å². The first-order chi connectivity index (χ1) is 9.75. The van der Waals surface area contributed by atoms with Crippen molar-refractivity contribution in [2.75, 3.05) is 5.75 Å². The first kappa shape index (κ1) is 15.1. The van der Waals surface area contributed by atoms with Crippen molar-refractivity contribution in [1.82, 2.24) is 0 Å². The van der Waals surface area contributed by atoms with Crippen LogP contribution in [0.1, 0.15) is 36.9 Å². The van der Waals surface area contributed by atoms with Crippen LogP contribution >= 0.6 is 11.8 Å². The van der Waals surface area contributed by atoms with E-state index >= 15 is 0 Å². The van der Waals surface area contributed by atoms with Gasteiger partial charge in [-0.15, -0.1) is 11.8 Å². The Morgan fingerprint density at radius 3 is 2.30 bits per heavy atom. The quantitative estimate of drug-likeness (QED) is 0.583. The van der Waals surface area contributed by atoms with Gasteiger partial charge in [0.15, 0.2) is 0 Å². The summed E-state index contributed by atoms with van der Waals surface area (Å²) in [7, 11) is 0. The molecule has 106 valence electrons. The molecular formula is C18H23NS. The van der Waals surface area contributed by atoms with Crippen LogP contribution in [0.15, 0.2) is 59.5 Å². The lowest BCUT2D eigenvalue weighted by molar-refractivity contribution is 0.802. The zero-order chi connectivity index (χ0) is 14.2. The molecule has 0 spiro atoms. The first-order valence-corrected chi connectivity index (χ1v) is 8.26. The molecule has 1 atom stereocenters. The highest BCUT2D eigenvalue weighted by atomic mass is 32.2. The average molecular weight is 285 g/mol. The highest BCUT2D eigenvalue weighted by Gasteiger charge is 1.99. The van der Waals surface area contributed by atoms with Crippen LogP contribution in [0.25, 0.3) is 0 Å². The fraction of sp³-hybridized carbons (Fsp3) is 0.333. The summed E-state index contributed by atoms with van der Waals surface area (Å²) in [5.74, 6) is 1.18. The summed E-state index contributed by atoms with van der Waals surface area (Å²) in [5, 5.41) is 0. The van der Waals surface area contributed by atoms with Gasteiger partial charge in [-0.25, -0.2) is 0 Å². The molecule has 2 N–H and O–H groups in total. The zero-order valence-corrected chi connectivity index (χ0v) is 12.9. The molecular weight excluding hydrogens is 262 g/mol. The van der Waals surface area contributed by atoms with Gasteiger partial charge in [0.2, 0.25) is 0 Å². The van der Waals surface area contributed by atoms with Crippen LogP contribution in [0, 0.1) is 0 Å². The summed E-state index contributed by atoms with van der Waals surface area (Å²) in [4.78, 5) is 1.34. The molecule has 0 aromatic heterocycles. The van der Waals surface area contributed by atoms with E-state index < -0.39 is 0 Å². The fourth-order valence-electron chi connectivity index (χ4n) is 2.13. The number of benzene rings is 2. The topological polar surface area (TPSA) is 26.0 Å². The molecule has 0 bridgehead atoms. The van der Waals surface area contributed by atoms with Crippen molar-refractivity contribution in [2.24, 2.45) is 5.73 Å². The monoisotopic (exact) mass is 285 g/mol. The van der Waals surface area contributed by atoms with Crippen molar-refractivity contribution in [3.05, 3.63) is 65.7 Å². The van der Waals surface area contributed by atoms with E-state index in [1.165, 1.54) is 41.0 Å². The van der Waals surface area contributed by atoms with Crippen molar-refractivity contribution >= 4 is 11.8 Å². The Balaban J connectivity index is 1.66. The second-order valence-corrected chi connectivity index (χ2v) is 6.32. The van der Waals surface area contributed by atoms with Crippen molar-refractivity contribution in [2.45, 2.75) is 37.1 Å². The number of unbranched alkanes of at least 4 members (excludes halogenated alkanes) is 1. The lowest BCUT2D eigenvalue weighted by Crippen LogP contribution is -2.04. The summed E-state index contributed by atoms with van der Waals surface area (Å²) < 4.78 is 0. The maximum Gasteiger partial charge on any atom is 0.0266 e. The predicted molar refractivity (Wildman–Crippen MR) is 89.1 cm³/mol. The summed E-state index contributed by atoms with van der Waals surface area (Å²) in [5.41, 5.74) is 8.50. The molecule has 0 saturated heterocycles. The molecule has 2 aromatic rings. The number of nitrogens with two attached hydrogens (primary N) is 1. The molecule has 0 aliphatic rings. The minimum atomic E-state index is 0.125. The third kappa shape index (κ3) is 5.03. The van der Waals surface area contributed by atoms with Crippen molar-refractivity contribution in [1.29, 1.82) is 0 Å². The second kappa shape index (κ2) is 8.13. The Kier molecular flexibility index (Phi) is 6.16. The molecule has 0 aliphatic heterocycles. The Labute approximate surface area is 126 Å². The van der Waals surface area contributed by atoms with E-state index in [1.54, 1.807) is 0 Å². The Hall–Kier alpha value is -1.25. The van der Waals surface area contributed by atoms with E-state index in [4.69, 9.17) is 5.73 Å². The van der Waals surface area contributed by atoms with Crippen LogP contribution in [0.4, 0.5) is 0 Å². The predicted octanol–water partition coefficient (Wildman–Crippen LogP) is 4.82. The minimum Gasteiger partial charge on any atom is -0.324 e. The number of rotatable bonds is 7. The summed E-state index contributed by atoms with van der Waals surface area (Å²) in [6, 6.07) is 19.5. The summed E-state index contributed by atoms with van der Waals surface area (Å²) >= 11 is 1.94. The van der Waals surface area contributed by atoms with E-state index in [9.17, 15) is 0 Å². The normalized spacial score (nSPS) is 12.3. The summed E-state index contributed by atoms with van der Waals surface area (Å²) in [6.45, 7) is 2.02.